The summed E-state index contributed by atoms with van der Waals surface area (Å²) in [6, 6.07) is 5.48. The Morgan fingerprint density at radius 2 is 2.36 bits per heavy atom. The van der Waals surface area contributed by atoms with E-state index in [0.29, 0.717) is 24.3 Å². The predicted molar refractivity (Wildman–Crippen MR) is 52.7 cm³/mol. The Morgan fingerprint density at radius 3 is 3.07 bits per heavy atom. The topological polar surface area (TPSA) is 21.3 Å². The molecule has 0 bridgehead atoms. The van der Waals surface area contributed by atoms with Crippen molar-refractivity contribution in [1.29, 1.82) is 0 Å². The number of halogens is 1. The summed E-state index contributed by atoms with van der Waals surface area (Å²) >= 11 is 0. The molecule has 0 aliphatic carbocycles. The van der Waals surface area contributed by atoms with Gasteiger partial charge in [0.1, 0.15) is 5.82 Å². The number of hydrogen-bond donors (Lipinski definition) is 1. The summed E-state index contributed by atoms with van der Waals surface area (Å²) in [5.41, 5.74) is 1.40. The largest absolute Gasteiger partial charge is 0.378 e. The fraction of sp³-hybridized carbons (Fsp3) is 0.455. The van der Waals surface area contributed by atoms with Gasteiger partial charge < -0.3 is 10.1 Å². The summed E-state index contributed by atoms with van der Waals surface area (Å²) < 4.78 is 19.0. The van der Waals surface area contributed by atoms with Crippen LogP contribution >= 0.6 is 0 Å². The van der Waals surface area contributed by atoms with Crippen LogP contribution in [0.1, 0.15) is 17.2 Å². The van der Waals surface area contributed by atoms with Crippen molar-refractivity contribution in [2.75, 3.05) is 19.8 Å². The number of aryl methyl sites for hydroxylation is 1. The molecular formula is C11H14FNO. The molecule has 3 heteroatoms. The van der Waals surface area contributed by atoms with Crippen molar-refractivity contribution < 1.29 is 9.13 Å². The summed E-state index contributed by atoms with van der Waals surface area (Å²) in [5, 5.41) is 3.24. The minimum atomic E-state index is -0.115. The van der Waals surface area contributed by atoms with Gasteiger partial charge in [-0.3, -0.25) is 0 Å². The van der Waals surface area contributed by atoms with Crippen molar-refractivity contribution in [2.45, 2.75) is 13.0 Å². The van der Waals surface area contributed by atoms with Crippen LogP contribution in [0.2, 0.25) is 0 Å². The number of benzene rings is 1. The SMILES string of the molecule is Cc1cccc([C@H]2COCCN2)c1F. The lowest BCUT2D eigenvalue weighted by molar-refractivity contribution is 0.0757. The standard InChI is InChI=1S/C11H14FNO/c1-8-3-2-4-9(11(8)12)10-7-14-6-5-13-10/h2-4,10,13H,5-7H2,1H3/t10-/m1/s1. The van der Waals surface area contributed by atoms with Gasteiger partial charge in [-0.2, -0.15) is 0 Å². The molecule has 1 saturated heterocycles. The molecule has 0 spiro atoms. The molecule has 0 radical (unpaired) electrons. The maximum atomic E-state index is 13.7. The van der Waals surface area contributed by atoms with Crippen LogP contribution in [0.3, 0.4) is 0 Å². The first kappa shape index (κ1) is 9.62. The lowest BCUT2D eigenvalue weighted by Crippen LogP contribution is -2.35. The molecule has 76 valence electrons. The van der Waals surface area contributed by atoms with Gasteiger partial charge in [0, 0.05) is 12.1 Å². The van der Waals surface area contributed by atoms with E-state index in [4.69, 9.17) is 4.74 Å². The van der Waals surface area contributed by atoms with E-state index in [9.17, 15) is 4.39 Å². The fourth-order valence-corrected chi connectivity index (χ4v) is 1.70. The van der Waals surface area contributed by atoms with Crippen molar-refractivity contribution in [3.05, 3.63) is 35.1 Å². The second-order valence-electron chi connectivity index (χ2n) is 3.56. The van der Waals surface area contributed by atoms with E-state index in [0.717, 1.165) is 6.54 Å². The average molecular weight is 195 g/mol. The zero-order chi connectivity index (χ0) is 9.97. The van der Waals surface area contributed by atoms with E-state index in [1.54, 1.807) is 13.0 Å². The Morgan fingerprint density at radius 1 is 1.50 bits per heavy atom. The lowest BCUT2D eigenvalue weighted by atomic mass is 10.0. The van der Waals surface area contributed by atoms with Crippen molar-refractivity contribution in [2.24, 2.45) is 0 Å². The van der Waals surface area contributed by atoms with Crippen LogP contribution in [0, 0.1) is 12.7 Å². The highest BCUT2D eigenvalue weighted by molar-refractivity contribution is 5.27. The van der Waals surface area contributed by atoms with Crippen molar-refractivity contribution in [3.8, 4) is 0 Å². The van der Waals surface area contributed by atoms with Crippen LogP contribution in [0.25, 0.3) is 0 Å². The number of ether oxygens (including phenoxy) is 1. The molecule has 0 saturated carbocycles. The van der Waals surface area contributed by atoms with Gasteiger partial charge in [0.25, 0.3) is 0 Å². The molecule has 1 aliphatic rings. The third-order valence-electron chi connectivity index (χ3n) is 2.52. The summed E-state index contributed by atoms with van der Waals surface area (Å²) in [7, 11) is 0. The van der Waals surface area contributed by atoms with E-state index in [-0.39, 0.29) is 11.9 Å². The second kappa shape index (κ2) is 4.07. The minimum Gasteiger partial charge on any atom is -0.378 e. The zero-order valence-electron chi connectivity index (χ0n) is 8.22. The third kappa shape index (κ3) is 1.79. The van der Waals surface area contributed by atoms with Gasteiger partial charge in [-0.25, -0.2) is 4.39 Å². The number of nitrogens with one attached hydrogen (secondary N) is 1. The summed E-state index contributed by atoms with van der Waals surface area (Å²) in [4.78, 5) is 0. The molecule has 1 N–H and O–H groups in total. The predicted octanol–water partition coefficient (Wildman–Crippen LogP) is 1.80. The van der Waals surface area contributed by atoms with Crippen molar-refractivity contribution >= 4 is 0 Å². The van der Waals surface area contributed by atoms with Gasteiger partial charge in [0.15, 0.2) is 0 Å². The molecule has 1 aliphatic heterocycles. The van der Waals surface area contributed by atoms with Gasteiger partial charge in [-0.15, -0.1) is 0 Å². The molecule has 0 unspecified atom stereocenters. The summed E-state index contributed by atoms with van der Waals surface area (Å²) in [6.45, 7) is 3.84. The van der Waals surface area contributed by atoms with Crippen LogP contribution in [0.4, 0.5) is 4.39 Å². The number of rotatable bonds is 1. The summed E-state index contributed by atoms with van der Waals surface area (Å²) in [6.07, 6.45) is 0. The van der Waals surface area contributed by atoms with E-state index in [2.05, 4.69) is 5.32 Å². The fourth-order valence-electron chi connectivity index (χ4n) is 1.70. The van der Waals surface area contributed by atoms with E-state index >= 15 is 0 Å². The normalized spacial score (nSPS) is 22.3. The van der Waals surface area contributed by atoms with Crippen LogP contribution in [0.5, 0.6) is 0 Å². The highest BCUT2D eigenvalue weighted by Gasteiger charge is 2.18. The quantitative estimate of drug-likeness (QED) is 0.737. The minimum absolute atomic E-state index is 0.00338. The highest BCUT2D eigenvalue weighted by atomic mass is 19.1. The lowest BCUT2D eigenvalue weighted by Gasteiger charge is -2.24. The van der Waals surface area contributed by atoms with Gasteiger partial charge in [0.2, 0.25) is 0 Å². The molecule has 2 rings (SSSR count). The van der Waals surface area contributed by atoms with Crippen LogP contribution in [-0.4, -0.2) is 19.8 Å². The van der Waals surface area contributed by atoms with Gasteiger partial charge >= 0.3 is 0 Å². The molecule has 14 heavy (non-hydrogen) atoms. The van der Waals surface area contributed by atoms with Crippen LogP contribution < -0.4 is 5.32 Å². The molecular weight excluding hydrogens is 181 g/mol. The summed E-state index contributed by atoms with van der Waals surface area (Å²) in [5.74, 6) is -0.115. The van der Waals surface area contributed by atoms with Crippen LogP contribution in [0.15, 0.2) is 18.2 Å². The number of hydrogen-bond acceptors (Lipinski definition) is 2. The first-order valence-corrected chi connectivity index (χ1v) is 4.85. The van der Waals surface area contributed by atoms with Crippen LogP contribution in [-0.2, 0) is 4.74 Å². The molecule has 1 aromatic carbocycles. The van der Waals surface area contributed by atoms with Gasteiger partial charge in [0.05, 0.1) is 19.3 Å². The molecule has 2 nitrogen and oxygen atoms in total. The van der Waals surface area contributed by atoms with E-state index in [1.807, 2.05) is 12.1 Å². The maximum Gasteiger partial charge on any atom is 0.130 e. The maximum absolute atomic E-state index is 13.7. The number of morpholine rings is 1. The molecule has 0 amide bonds. The molecule has 1 aromatic rings. The zero-order valence-corrected chi connectivity index (χ0v) is 8.22. The Hall–Kier alpha value is -0.930. The Labute approximate surface area is 83.1 Å². The average Bonchev–Trinajstić information content (AvgIpc) is 2.23. The Kier molecular flexibility index (Phi) is 2.79. The third-order valence-corrected chi connectivity index (χ3v) is 2.52. The first-order chi connectivity index (χ1) is 6.79. The van der Waals surface area contributed by atoms with Crippen molar-refractivity contribution in [1.82, 2.24) is 5.32 Å². The van der Waals surface area contributed by atoms with E-state index in [1.165, 1.54) is 0 Å². The molecule has 1 atom stereocenters. The Bertz CT molecular complexity index is 321. The molecule has 1 fully saturated rings. The molecule has 1 heterocycles. The van der Waals surface area contributed by atoms with Crippen molar-refractivity contribution in [3.63, 3.8) is 0 Å². The van der Waals surface area contributed by atoms with Gasteiger partial charge in [-0.05, 0) is 12.5 Å². The molecule has 0 aromatic heterocycles. The monoisotopic (exact) mass is 195 g/mol. The Balaban J connectivity index is 2.26. The van der Waals surface area contributed by atoms with Gasteiger partial charge in [-0.1, -0.05) is 18.2 Å². The second-order valence-corrected chi connectivity index (χ2v) is 3.56. The first-order valence-electron chi connectivity index (χ1n) is 4.85. The smallest absolute Gasteiger partial charge is 0.130 e. The van der Waals surface area contributed by atoms with E-state index < -0.39 is 0 Å². The highest BCUT2D eigenvalue weighted by Crippen LogP contribution is 2.21.